The van der Waals surface area contributed by atoms with Crippen LogP contribution in [0.1, 0.15) is 25.7 Å². The van der Waals surface area contributed by atoms with E-state index in [-0.39, 0.29) is 13.2 Å². The predicted molar refractivity (Wildman–Crippen MR) is 63.2 cm³/mol. The molecule has 0 aromatic rings. The van der Waals surface area contributed by atoms with Gasteiger partial charge in [-0.15, -0.1) is 0 Å². The molecule has 0 aromatic heterocycles. The van der Waals surface area contributed by atoms with Gasteiger partial charge in [0.25, 0.3) is 0 Å². The maximum absolute atomic E-state index is 9.05. The van der Waals surface area contributed by atoms with Crippen molar-refractivity contribution < 1.29 is 19.4 Å². The fourth-order valence-corrected chi connectivity index (χ4v) is 2.29. The van der Waals surface area contributed by atoms with Crippen molar-refractivity contribution in [3.05, 3.63) is 0 Å². The molecular formula is C12H26NO3+. The molecule has 1 rings (SSSR count). The first-order valence-corrected chi connectivity index (χ1v) is 6.36. The molecule has 2 N–H and O–H groups in total. The molecule has 1 aliphatic heterocycles. The highest BCUT2D eigenvalue weighted by Crippen LogP contribution is 2.17. The van der Waals surface area contributed by atoms with Gasteiger partial charge in [-0.1, -0.05) is 0 Å². The molecule has 0 radical (unpaired) electrons. The Morgan fingerprint density at radius 3 is 2.56 bits per heavy atom. The topological polar surface area (TPSA) is 49.7 Å². The Morgan fingerprint density at radius 2 is 1.94 bits per heavy atom. The first-order chi connectivity index (χ1) is 7.66. The summed E-state index contributed by atoms with van der Waals surface area (Å²) >= 11 is 0. The van der Waals surface area contributed by atoms with Crippen LogP contribution in [0.3, 0.4) is 0 Å². The second-order valence-electron chi connectivity index (χ2n) is 5.12. The lowest BCUT2D eigenvalue weighted by molar-refractivity contribution is -0.897. The number of likely N-dealkylation sites (tertiary alicyclic amines) is 1. The lowest BCUT2D eigenvalue weighted by atomic mass is 10.3. The van der Waals surface area contributed by atoms with Gasteiger partial charge in [-0.2, -0.15) is 0 Å². The van der Waals surface area contributed by atoms with E-state index < -0.39 is 6.10 Å². The molecule has 1 atom stereocenters. The van der Waals surface area contributed by atoms with Crippen LogP contribution in [0.5, 0.6) is 0 Å². The van der Waals surface area contributed by atoms with Crippen molar-refractivity contribution in [3.8, 4) is 0 Å². The number of aliphatic hydroxyl groups is 2. The van der Waals surface area contributed by atoms with Gasteiger partial charge in [-0.3, -0.25) is 0 Å². The molecule has 96 valence electrons. The van der Waals surface area contributed by atoms with Gasteiger partial charge in [-0.05, 0) is 12.8 Å². The van der Waals surface area contributed by atoms with Crippen molar-refractivity contribution in [2.24, 2.45) is 0 Å². The van der Waals surface area contributed by atoms with Crippen LogP contribution in [-0.2, 0) is 4.74 Å². The van der Waals surface area contributed by atoms with Crippen LogP contribution < -0.4 is 0 Å². The van der Waals surface area contributed by atoms with Gasteiger partial charge in [-0.25, -0.2) is 0 Å². The molecule has 0 saturated carbocycles. The van der Waals surface area contributed by atoms with E-state index in [1.165, 1.54) is 43.4 Å². The number of hydrogen-bond acceptors (Lipinski definition) is 3. The zero-order valence-electron chi connectivity index (χ0n) is 10.4. The molecule has 0 aromatic carbocycles. The fourth-order valence-electron chi connectivity index (χ4n) is 2.29. The van der Waals surface area contributed by atoms with E-state index in [0.29, 0.717) is 6.61 Å². The molecular weight excluding hydrogens is 206 g/mol. The minimum atomic E-state index is -0.719. The summed E-state index contributed by atoms with van der Waals surface area (Å²) < 4.78 is 6.49. The molecule has 1 aliphatic rings. The molecule has 16 heavy (non-hydrogen) atoms. The van der Waals surface area contributed by atoms with Crippen molar-refractivity contribution in [2.75, 3.05) is 46.5 Å². The zero-order valence-corrected chi connectivity index (χ0v) is 10.4. The highest BCUT2D eigenvalue weighted by molar-refractivity contribution is 4.53. The number of ether oxygens (including phenoxy) is 1. The van der Waals surface area contributed by atoms with Crippen LogP contribution in [0.15, 0.2) is 0 Å². The smallest absolute Gasteiger partial charge is 0.100 e. The highest BCUT2D eigenvalue weighted by Gasteiger charge is 2.25. The number of nitrogens with zero attached hydrogens (tertiary/aromatic N) is 1. The van der Waals surface area contributed by atoms with Crippen molar-refractivity contribution in [1.29, 1.82) is 0 Å². The van der Waals surface area contributed by atoms with Gasteiger partial charge in [0.1, 0.15) is 6.10 Å². The van der Waals surface area contributed by atoms with Crippen LogP contribution in [0, 0.1) is 0 Å². The summed E-state index contributed by atoms with van der Waals surface area (Å²) in [5.74, 6) is 0. The maximum atomic E-state index is 9.05. The van der Waals surface area contributed by atoms with E-state index in [0.717, 1.165) is 6.42 Å². The molecule has 1 saturated heterocycles. The number of rotatable bonds is 8. The van der Waals surface area contributed by atoms with Crippen LogP contribution in [-0.4, -0.2) is 67.3 Å². The van der Waals surface area contributed by atoms with Gasteiger partial charge < -0.3 is 19.4 Å². The molecule has 4 nitrogen and oxygen atoms in total. The summed E-state index contributed by atoms with van der Waals surface area (Å²) in [6.45, 7) is 4.62. The van der Waals surface area contributed by atoms with Crippen LogP contribution in [0.25, 0.3) is 0 Å². The van der Waals surface area contributed by atoms with Gasteiger partial charge >= 0.3 is 0 Å². The number of quaternary nitrogens is 1. The first kappa shape index (κ1) is 13.9. The quantitative estimate of drug-likeness (QED) is 0.470. The van der Waals surface area contributed by atoms with Crippen LogP contribution in [0.4, 0.5) is 0 Å². The largest absolute Gasteiger partial charge is 0.394 e. The lowest BCUT2D eigenvalue weighted by Gasteiger charge is -2.29. The summed E-state index contributed by atoms with van der Waals surface area (Å²) in [6, 6.07) is 0. The standard InChI is InChI=1S/C12H26NO3/c1-13(6-2-3-7-13)8-4-5-9-16-11-12(15)10-14/h12,14-15H,2-11H2,1H3/q+1. The summed E-state index contributed by atoms with van der Waals surface area (Å²) in [4.78, 5) is 0. The SMILES string of the molecule is C[N+]1(CCCCOCC(O)CO)CCCC1. The third-order valence-corrected chi connectivity index (χ3v) is 3.40. The van der Waals surface area contributed by atoms with Gasteiger partial charge in [0.2, 0.25) is 0 Å². The normalized spacial score (nSPS) is 21.2. The molecule has 1 unspecified atom stereocenters. The van der Waals surface area contributed by atoms with E-state index in [1.54, 1.807) is 0 Å². The van der Waals surface area contributed by atoms with E-state index in [1.807, 2.05) is 0 Å². The minimum absolute atomic E-state index is 0.213. The van der Waals surface area contributed by atoms with E-state index in [2.05, 4.69) is 7.05 Å². The molecule has 0 spiro atoms. The maximum Gasteiger partial charge on any atom is 0.100 e. The Kier molecular flexibility index (Phi) is 6.28. The third kappa shape index (κ3) is 5.25. The Morgan fingerprint density at radius 1 is 1.25 bits per heavy atom. The molecule has 1 fully saturated rings. The van der Waals surface area contributed by atoms with Crippen molar-refractivity contribution in [2.45, 2.75) is 31.8 Å². The summed E-state index contributed by atoms with van der Waals surface area (Å²) in [6.07, 6.45) is 4.26. The lowest BCUT2D eigenvalue weighted by Crippen LogP contribution is -2.41. The van der Waals surface area contributed by atoms with Crippen LogP contribution >= 0.6 is 0 Å². The van der Waals surface area contributed by atoms with Gasteiger partial charge in [0, 0.05) is 19.4 Å². The number of hydrogen-bond donors (Lipinski definition) is 2. The average molecular weight is 232 g/mol. The van der Waals surface area contributed by atoms with Crippen molar-refractivity contribution in [3.63, 3.8) is 0 Å². The Hall–Kier alpha value is -0.160. The minimum Gasteiger partial charge on any atom is -0.394 e. The van der Waals surface area contributed by atoms with E-state index >= 15 is 0 Å². The third-order valence-electron chi connectivity index (χ3n) is 3.40. The van der Waals surface area contributed by atoms with Gasteiger partial charge in [0.15, 0.2) is 0 Å². The Labute approximate surface area is 98.4 Å². The summed E-state index contributed by atoms with van der Waals surface area (Å²) in [7, 11) is 2.34. The molecule has 0 aliphatic carbocycles. The van der Waals surface area contributed by atoms with Crippen LogP contribution in [0.2, 0.25) is 0 Å². The number of aliphatic hydroxyl groups excluding tert-OH is 2. The fraction of sp³-hybridized carbons (Fsp3) is 1.00. The first-order valence-electron chi connectivity index (χ1n) is 6.36. The molecule has 0 amide bonds. The van der Waals surface area contributed by atoms with Crippen molar-refractivity contribution in [1.82, 2.24) is 0 Å². The molecule has 4 heteroatoms. The second kappa shape index (κ2) is 7.22. The van der Waals surface area contributed by atoms with E-state index in [9.17, 15) is 0 Å². The summed E-state index contributed by atoms with van der Waals surface area (Å²) in [5.41, 5.74) is 0. The number of unbranched alkanes of at least 4 members (excludes halogenated alkanes) is 1. The Balaban J connectivity index is 1.91. The van der Waals surface area contributed by atoms with Gasteiger partial charge in [0.05, 0.1) is 39.9 Å². The molecule has 0 bridgehead atoms. The second-order valence-corrected chi connectivity index (χ2v) is 5.12. The summed E-state index contributed by atoms with van der Waals surface area (Å²) in [5, 5.41) is 17.6. The highest BCUT2D eigenvalue weighted by atomic mass is 16.5. The predicted octanol–water partition coefficient (Wildman–Crippen LogP) is 0.377. The average Bonchev–Trinajstić information content (AvgIpc) is 2.70. The van der Waals surface area contributed by atoms with Crippen molar-refractivity contribution >= 4 is 0 Å². The zero-order chi connectivity index (χ0) is 11.9. The molecule has 1 heterocycles. The Bertz CT molecular complexity index is 181. The van der Waals surface area contributed by atoms with E-state index in [4.69, 9.17) is 14.9 Å². The monoisotopic (exact) mass is 232 g/mol.